The van der Waals surface area contributed by atoms with Crippen molar-refractivity contribution < 1.29 is 9.90 Å². The molecule has 0 saturated heterocycles. The number of likely N-dealkylation sites (N-methyl/N-ethyl adjacent to an activating group) is 1. The van der Waals surface area contributed by atoms with Crippen molar-refractivity contribution in [1.82, 2.24) is 29.5 Å². The van der Waals surface area contributed by atoms with E-state index in [9.17, 15) is 4.79 Å². The van der Waals surface area contributed by atoms with E-state index in [1.54, 1.807) is 29.4 Å². The number of amides is 1. The number of rotatable bonds is 7. The Bertz CT molecular complexity index is 1420. The van der Waals surface area contributed by atoms with E-state index < -0.39 is 0 Å². The zero-order chi connectivity index (χ0) is 22.8. The van der Waals surface area contributed by atoms with Gasteiger partial charge in [-0.15, -0.1) is 0 Å². The van der Waals surface area contributed by atoms with E-state index in [2.05, 4.69) is 20.5 Å². The lowest BCUT2D eigenvalue weighted by Gasteiger charge is -2.19. The molecule has 1 amide bonds. The zero-order valence-corrected chi connectivity index (χ0v) is 18.1. The van der Waals surface area contributed by atoms with Crippen molar-refractivity contribution in [3.63, 3.8) is 0 Å². The average Bonchev–Trinajstić information content (AvgIpc) is 3.51. The largest absolute Gasteiger partial charge is 0.395 e. The number of benzene rings is 2. The highest BCUT2D eigenvalue weighted by Gasteiger charge is 2.14. The van der Waals surface area contributed by atoms with Crippen molar-refractivity contribution in [3.8, 4) is 11.3 Å². The van der Waals surface area contributed by atoms with E-state index in [0.717, 1.165) is 27.8 Å². The number of imidazole rings is 1. The van der Waals surface area contributed by atoms with Crippen LogP contribution >= 0.6 is 0 Å². The molecule has 0 aliphatic carbocycles. The molecule has 5 rings (SSSR count). The van der Waals surface area contributed by atoms with Gasteiger partial charge in [0.05, 0.1) is 24.0 Å². The predicted molar refractivity (Wildman–Crippen MR) is 126 cm³/mol. The first-order valence-corrected chi connectivity index (χ1v) is 10.7. The van der Waals surface area contributed by atoms with Gasteiger partial charge in [0.15, 0.2) is 11.5 Å². The van der Waals surface area contributed by atoms with Crippen LogP contribution in [0.5, 0.6) is 0 Å². The van der Waals surface area contributed by atoms with Gasteiger partial charge in [-0.1, -0.05) is 12.1 Å². The second-order valence-electron chi connectivity index (χ2n) is 7.62. The fourth-order valence-corrected chi connectivity index (χ4v) is 3.79. The van der Waals surface area contributed by atoms with E-state index >= 15 is 0 Å². The molecule has 0 atom stereocenters. The first-order chi connectivity index (χ1) is 16.2. The molecule has 33 heavy (non-hydrogen) atoms. The minimum atomic E-state index is -0.108. The molecule has 0 unspecified atom stereocenters. The smallest absolute Gasteiger partial charge is 0.253 e. The molecule has 0 saturated carbocycles. The van der Waals surface area contributed by atoms with E-state index in [0.29, 0.717) is 30.1 Å². The van der Waals surface area contributed by atoms with Crippen molar-refractivity contribution >= 4 is 34.0 Å². The molecule has 0 bridgehead atoms. The maximum Gasteiger partial charge on any atom is 0.253 e. The van der Waals surface area contributed by atoms with Crippen molar-refractivity contribution in [1.29, 1.82) is 0 Å². The van der Waals surface area contributed by atoms with Crippen LogP contribution in [0, 0.1) is 0 Å². The van der Waals surface area contributed by atoms with Crippen LogP contribution in [0.15, 0.2) is 67.3 Å². The number of anilines is 2. The number of H-pyrrole nitrogens is 1. The second-order valence-corrected chi connectivity index (χ2v) is 7.62. The van der Waals surface area contributed by atoms with E-state index in [1.165, 1.54) is 0 Å². The van der Waals surface area contributed by atoms with Gasteiger partial charge < -0.3 is 19.7 Å². The minimum Gasteiger partial charge on any atom is -0.395 e. The average molecular weight is 441 g/mol. The van der Waals surface area contributed by atoms with Gasteiger partial charge in [-0.25, -0.2) is 9.97 Å². The number of aromatic nitrogens is 5. The molecule has 5 aromatic rings. The Hall–Kier alpha value is -4.24. The summed E-state index contributed by atoms with van der Waals surface area (Å²) in [7, 11) is 0. The first kappa shape index (κ1) is 20.7. The second kappa shape index (κ2) is 8.71. The summed E-state index contributed by atoms with van der Waals surface area (Å²) in [6.45, 7) is 2.68. The third-order valence-corrected chi connectivity index (χ3v) is 5.55. The topological polar surface area (TPSA) is 111 Å². The van der Waals surface area contributed by atoms with Crippen LogP contribution in [0.3, 0.4) is 0 Å². The lowest BCUT2D eigenvalue weighted by Crippen LogP contribution is -2.33. The molecule has 0 aliphatic rings. The molecule has 2 aromatic carbocycles. The number of hydrogen-bond donors (Lipinski definition) is 3. The Kier molecular flexibility index (Phi) is 5.45. The summed E-state index contributed by atoms with van der Waals surface area (Å²) in [6.07, 6.45) is 7.33. The Morgan fingerprint density at radius 2 is 2.06 bits per heavy atom. The maximum absolute atomic E-state index is 12.6. The number of nitrogens with one attached hydrogen (secondary N) is 2. The molecule has 9 nitrogen and oxygen atoms in total. The third-order valence-electron chi connectivity index (χ3n) is 5.55. The fourth-order valence-electron chi connectivity index (χ4n) is 3.79. The van der Waals surface area contributed by atoms with Crippen LogP contribution in [0.25, 0.3) is 27.8 Å². The Morgan fingerprint density at radius 3 is 2.85 bits per heavy atom. The lowest BCUT2D eigenvalue weighted by molar-refractivity contribution is 0.0732. The standard InChI is InChI=1S/C24H23N7O2/c1-2-30(11-12-32)24(33)16-5-7-19(8-6-16)27-22-23-25-9-10-31(23)15-21(28-22)17-3-4-18-14-26-29-20(18)13-17/h3-10,13-15,32H,2,11-12H2,1H3,(H,26,29)(H,27,28). The van der Waals surface area contributed by atoms with Crippen LogP contribution in [-0.2, 0) is 0 Å². The normalized spacial score (nSPS) is 11.2. The summed E-state index contributed by atoms with van der Waals surface area (Å²) in [5.41, 5.74) is 4.73. The highest BCUT2D eigenvalue weighted by atomic mass is 16.3. The number of hydrogen-bond acceptors (Lipinski definition) is 6. The SMILES string of the molecule is CCN(CCO)C(=O)c1ccc(Nc2nc(-c3ccc4cn[nH]c4c3)cn3ccnc23)cc1. The van der Waals surface area contributed by atoms with E-state index in [4.69, 9.17) is 10.1 Å². The van der Waals surface area contributed by atoms with Gasteiger partial charge in [0.25, 0.3) is 5.91 Å². The minimum absolute atomic E-state index is 0.0607. The summed E-state index contributed by atoms with van der Waals surface area (Å²) in [5, 5.41) is 20.6. The first-order valence-electron chi connectivity index (χ1n) is 10.7. The quantitative estimate of drug-likeness (QED) is 0.357. The molecular formula is C24H23N7O2. The third kappa shape index (κ3) is 4.01. The molecule has 0 aliphatic heterocycles. The molecule has 0 spiro atoms. The molecule has 0 fully saturated rings. The monoisotopic (exact) mass is 441 g/mol. The van der Waals surface area contributed by atoms with Gasteiger partial charge in [-0.3, -0.25) is 9.89 Å². The van der Waals surface area contributed by atoms with Crippen LogP contribution in [0.4, 0.5) is 11.5 Å². The zero-order valence-electron chi connectivity index (χ0n) is 18.1. The lowest BCUT2D eigenvalue weighted by atomic mass is 10.1. The van der Waals surface area contributed by atoms with Crippen LogP contribution in [0.2, 0.25) is 0 Å². The highest BCUT2D eigenvalue weighted by Crippen LogP contribution is 2.26. The Morgan fingerprint density at radius 1 is 1.21 bits per heavy atom. The Balaban J connectivity index is 1.45. The number of fused-ring (bicyclic) bond motifs is 2. The molecule has 9 heteroatoms. The van der Waals surface area contributed by atoms with Crippen LogP contribution in [-0.4, -0.2) is 60.2 Å². The van der Waals surface area contributed by atoms with Gasteiger partial charge in [-0.05, 0) is 37.3 Å². The highest BCUT2D eigenvalue weighted by molar-refractivity contribution is 5.94. The van der Waals surface area contributed by atoms with Crippen molar-refractivity contribution in [3.05, 3.63) is 72.8 Å². The van der Waals surface area contributed by atoms with Crippen molar-refractivity contribution in [2.45, 2.75) is 6.92 Å². The van der Waals surface area contributed by atoms with Crippen LogP contribution in [0.1, 0.15) is 17.3 Å². The predicted octanol–water partition coefficient (Wildman–Crippen LogP) is 3.47. The van der Waals surface area contributed by atoms with Gasteiger partial charge >= 0.3 is 0 Å². The van der Waals surface area contributed by atoms with Gasteiger partial charge in [0.1, 0.15) is 0 Å². The molecule has 3 aromatic heterocycles. The molecule has 3 heterocycles. The number of aliphatic hydroxyl groups excluding tert-OH is 1. The van der Waals surface area contributed by atoms with Gasteiger partial charge in [-0.2, -0.15) is 5.10 Å². The summed E-state index contributed by atoms with van der Waals surface area (Å²) in [6, 6.07) is 13.2. The number of nitrogens with zero attached hydrogens (tertiary/aromatic N) is 5. The van der Waals surface area contributed by atoms with E-state index in [-0.39, 0.29) is 12.5 Å². The van der Waals surface area contributed by atoms with Gasteiger partial charge in [0.2, 0.25) is 0 Å². The Labute approximate surface area is 189 Å². The molecule has 166 valence electrons. The number of carbonyl (C=O) groups excluding carboxylic acids is 1. The summed E-state index contributed by atoms with van der Waals surface area (Å²) >= 11 is 0. The van der Waals surface area contributed by atoms with Crippen molar-refractivity contribution in [2.75, 3.05) is 25.0 Å². The van der Waals surface area contributed by atoms with Crippen molar-refractivity contribution in [2.24, 2.45) is 0 Å². The summed E-state index contributed by atoms with van der Waals surface area (Å²) < 4.78 is 1.92. The number of aliphatic hydroxyl groups is 1. The maximum atomic E-state index is 12.6. The fraction of sp³-hybridized carbons (Fsp3) is 0.167. The summed E-state index contributed by atoms with van der Waals surface area (Å²) in [4.78, 5) is 23.5. The van der Waals surface area contributed by atoms with E-state index in [1.807, 2.05) is 54.0 Å². The van der Waals surface area contributed by atoms with Gasteiger partial charge in [0, 0.05) is 53.9 Å². The molecule has 3 N–H and O–H groups in total. The number of carbonyl (C=O) groups is 1. The van der Waals surface area contributed by atoms with Crippen LogP contribution < -0.4 is 5.32 Å². The molecular weight excluding hydrogens is 418 g/mol. The molecule has 0 radical (unpaired) electrons. The summed E-state index contributed by atoms with van der Waals surface area (Å²) in [5.74, 6) is 0.500. The number of aromatic amines is 1.